The lowest BCUT2D eigenvalue weighted by molar-refractivity contribution is 0.0185. The van der Waals surface area contributed by atoms with E-state index in [1.807, 2.05) is 0 Å². The van der Waals surface area contributed by atoms with Crippen molar-refractivity contribution in [1.82, 2.24) is 4.98 Å². The van der Waals surface area contributed by atoms with Crippen LogP contribution in [0.3, 0.4) is 0 Å². The first-order valence-corrected chi connectivity index (χ1v) is 6.49. The Morgan fingerprint density at radius 2 is 2.11 bits per heavy atom. The normalized spacial score (nSPS) is 16.6. The number of pyridine rings is 1. The number of ether oxygens (including phenoxy) is 2. The Bertz CT molecular complexity index is 433. The summed E-state index contributed by atoms with van der Waals surface area (Å²) in [5, 5.41) is 0.320. The topological polar surface area (TPSA) is 48.4 Å². The van der Waals surface area contributed by atoms with E-state index in [0.29, 0.717) is 12.5 Å². The molecule has 18 heavy (non-hydrogen) atoms. The van der Waals surface area contributed by atoms with Crippen LogP contribution in [0.25, 0.3) is 0 Å². The minimum atomic E-state index is -0.462. The lowest BCUT2D eigenvalue weighted by atomic mass is 10.0. The van der Waals surface area contributed by atoms with E-state index in [-0.39, 0.29) is 15.9 Å². The van der Waals surface area contributed by atoms with Crippen LogP contribution in [-0.4, -0.2) is 30.8 Å². The first-order chi connectivity index (χ1) is 8.66. The van der Waals surface area contributed by atoms with Gasteiger partial charge >= 0.3 is 5.97 Å². The molecule has 0 unspecified atom stereocenters. The zero-order valence-corrected chi connectivity index (χ0v) is 11.2. The molecule has 0 aromatic carbocycles. The highest BCUT2D eigenvalue weighted by molar-refractivity contribution is 6.34. The third kappa shape index (κ3) is 3.57. The minimum Gasteiger partial charge on any atom is -0.462 e. The summed E-state index contributed by atoms with van der Waals surface area (Å²) in [6.45, 7) is 1.85. The quantitative estimate of drug-likeness (QED) is 0.634. The molecular weight excluding hydrogens is 277 g/mol. The molecule has 0 saturated carbocycles. The van der Waals surface area contributed by atoms with Crippen molar-refractivity contribution in [3.8, 4) is 0 Å². The molecule has 0 radical (unpaired) electrons. The highest BCUT2D eigenvalue weighted by Crippen LogP contribution is 2.19. The first-order valence-electron chi connectivity index (χ1n) is 5.73. The number of nitrogens with zero attached hydrogens (tertiary/aromatic N) is 1. The second kappa shape index (κ2) is 6.36. The summed E-state index contributed by atoms with van der Waals surface area (Å²) in [5.74, 6) is -0.0996. The third-order valence-electron chi connectivity index (χ3n) is 2.83. The highest BCUT2D eigenvalue weighted by Gasteiger charge is 2.18. The van der Waals surface area contributed by atoms with Crippen LogP contribution < -0.4 is 0 Å². The predicted molar refractivity (Wildman–Crippen MR) is 68.1 cm³/mol. The van der Waals surface area contributed by atoms with Crippen LogP contribution in [-0.2, 0) is 9.47 Å². The van der Waals surface area contributed by atoms with Gasteiger partial charge in [0, 0.05) is 13.2 Å². The van der Waals surface area contributed by atoms with Crippen molar-refractivity contribution in [2.24, 2.45) is 5.92 Å². The molecular formula is C12H13Cl2NO3. The van der Waals surface area contributed by atoms with Gasteiger partial charge in [0.15, 0.2) is 0 Å². The van der Waals surface area contributed by atoms with Gasteiger partial charge in [-0.1, -0.05) is 23.2 Å². The minimum absolute atomic E-state index is 0.0690. The molecule has 0 aliphatic carbocycles. The summed E-state index contributed by atoms with van der Waals surface area (Å²) in [4.78, 5) is 15.6. The van der Waals surface area contributed by atoms with Crippen molar-refractivity contribution in [3.63, 3.8) is 0 Å². The van der Waals surface area contributed by atoms with Gasteiger partial charge in [-0.3, -0.25) is 0 Å². The number of esters is 1. The van der Waals surface area contributed by atoms with Gasteiger partial charge in [0.1, 0.15) is 10.3 Å². The summed E-state index contributed by atoms with van der Waals surface area (Å²) >= 11 is 11.5. The maximum absolute atomic E-state index is 11.8. The molecule has 1 fully saturated rings. The Morgan fingerprint density at radius 1 is 1.39 bits per heavy atom. The van der Waals surface area contributed by atoms with Crippen LogP contribution >= 0.6 is 23.2 Å². The van der Waals surface area contributed by atoms with Crippen molar-refractivity contribution in [2.75, 3.05) is 19.8 Å². The molecule has 1 saturated heterocycles. The summed E-state index contributed by atoms with van der Waals surface area (Å²) in [5.41, 5.74) is 0.244. The molecule has 6 heteroatoms. The Labute approximate surface area is 115 Å². The van der Waals surface area contributed by atoms with Crippen LogP contribution in [0.1, 0.15) is 23.2 Å². The largest absolute Gasteiger partial charge is 0.462 e. The number of aromatic nitrogens is 1. The van der Waals surface area contributed by atoms with Crippen LogP contribution in [0.2, 0.25) is 10.3 Å². The predicted octanol–water partition coefficient (Wildman–Crippen LogP) is 2.97. The van der Waals surface area contributed by atoms with Gasteiger partial charge in [-0.2, -0.15) is 0 Å². The van der Waals surface area contributed by atoms with E-state index in [9.17, 15) is 4.79 Å². The molecule has 1 aliphatic rings. The number of hydrogen-bond acceptors (Lipinski definition) is 4. The number of halogens is 2. The Morgan fingerprint density at radius 3 is 2.78 bits per heavy atom. The highest BCUT2D eigenvalue weighted by atomic mass is 35.5. The van der Waals surface area contributed by atoms with E-state index >= 15 is 0 Å². The summed E-state index contributed by atoms with van der Waals surface area (Å²) < 4.78 is 10.5. The molecule has 4 nitrogen and oxygen atoms in total. The SMILES string of the molecule is O=C(OCC1CCOCC1)c1ccc(Cl)nc1Cl. The lowest BCUT2D eigenvalue weighted by Crippen LogP contribution is -2.22. The van der Waals surface area contributed by atoms with Crippen molar-refractivity contribution >= 4 is 29.2 Å². The van der Waals surface area contributed by atoms with Crippen molar-refractivity contribution in [2.45, 2.75) is 12.8 Å². The Kier molecular flexibility index (Phi) is 4.80. The van der Waals surface area contributed by atoms with Crippen molar-refractivity contribution in [3.05, 3.63) is 28.0 Å². The van der Waals surface area contributed by atoms with E-state index in [2.05, 4.69) is 4.98 Å². The van der Waals surface area contributed by atoms with Crippen molar-refractivity contribution < 1.29 is 14.3 Å². The van der Waals surface area contributed by atoms with Crippen LogP contribution in [0.15, 0.2) is 12.1 Å². The number of rotatable bonds is 3. The average molecular weight is 290 g/mol. The maximum Gasteiger partial charge on any atom is 0.341 e. The van der Waals surface area contributed by atoms with Crippen molar-refractivity contribution in [1.29, 1.82) is 0 Å². The monoisotopic (exact) mass is 289 g/mol. The summed E-state index contributed by atoms with van der Waals surface area (Å²) in [6, 6.07) is 3.03. The summed E-state index contributed by atoms with van der Waals surface area (Å²) in [6.07, 6.45) is 1.83. The number of carbonyl (C=O) groups excluding carboxylic acids is 1. The van der Waals surface area contributed by atoms with Gasteiger partial charge in [0.05, 0.1) is 12.2 Å². The van der Waals surface area contributed by atoms with Gasteiger partial charge in [-0.15, -0.1) is 0 Å². The molecule has 0 spiro atoms. The van der Waals surface area contributed by atoms with E-state index in [4.69, 9.17) is 32.7 Å². The van der Waals surface area contributed by atoms with E-state index < -0.39 is 5.97 Å². The smallest absolute Gasteiger partial charge is 0.341 e. The van der Waals surface area contributed by atoms with E-state index in [0.717, 1.165) is 26.1 Å². The molecule has 1 aromatic heterocycles. The van der Waals surface area contributed by atoms with Gasteiger partial charge in [0.2, 0.25) is 0 Å². The molecule has 2 heterocycles. The zero-order valence-electron chi connectivity index (χ0n) is 9.70. The second-order valence-corrected chi connectivity index (χ2v) is 4.87. The van der Waals surface area contributed by atoms with E-state index in [1.165, 1.54) is 12.1 Å². The fraction of sp³-hybridized carbons (Fsp3) is 0.500. The number of carbonyl (C=O) groups is 1. The van der Waals surface area contributed by atoms with Crippen LogP contribution in [0.4, 0.5) is 0 Å². The van der Waals surface area contributed by atoms with Crippen LogP contribution in [0, 0.1) is 5.92 Å². The van der Waals surface area contributed by atoms with Gasteiger partial charge in [-0.05, 0) is 30.9 Å². The molecule has 0 atom stereocenters. The fourth-order valence-corrected chi connectivity index (χ4v) is 2.17. The van der Waals surface area contributed by atoms with Crippen LogP contribution in [0.5, 0.6) is 0 Å². The molecule has 98 valence electrons. The Balaban J connectivity index is 1.90. The molecule has 0 bridgehead atoms. The first kappa shape index (κ1) is 13.6. The van der Waals surface area contributed by atoms with E-state index in [1.54, 1.807) is 0 Å². The fourth-order valence-electron chi connectivity index (χ4n) is 1.75. The molecule has 2 rings (SSSR count). The average Bonchev–Trinajstić information content (AvgIpc) is 2.37. The van der Waals surface area contributed by atoms with Gasteiger partial charge < -0.3 is 9.47 Å². The third-order valence-corrected chi connectivity index (χ3v) is 3.32. The van der Waals surface area contributed by atoms with Gasteiger partial charge in [-0.25, -0.2) is 9.78 Å². The maximum atomic E-state index is 11.8. The standard InChI is InChI=1S/C12H13Cl2NO3/c13-10-2-1-9(11(14)15-10)12(16)18-7-8-3-5-17-6-4-8/h1-2,8H,3-7H2. The molecule has 0 N–H and O–H groups in total. The zero-order chi connectivity index (χ0) is 13.0. The van der Waals surface area contributed by atoms with Gasteiger partial charge in [0.25, 0.3) is 0 Å². The number of hydrogen-bond donors (Lipinski definition) is 0. The Hall–Kier alpha value is -0.840. The summed E-state index contributed by atoms with van der Waals surface area (Å²) in [7, 11) is 0. The molecule has 1 aromatic rings. The molecule has 1 aliphatic heterocycles. The lowest BCUT2D eigenvalue weighted by Gasteiger charge is -2.21. The molecule has 0 amide bonds. The second-order valence-electron chi connectivity index (χ2n) is 4.13.